The van der Waals surface area contributed by atoms with Crippen LogP contribution in [0.1, 0.15) is 20.9 Å². The van der Waals surface area contributed by atoms with Gasteiger partial charge < -0.3 is 14.8 Å². The summed E-state index contributed by atoms with van der Waals surface area (Å²) < 4.78 is 5.50. The van der Waals surface area contributed by atoms with Gasteiger partial charge in [-0.15, -0.1) is 0 Å². The fraction of sp³-hybridized carbons (Fsp3) is 0. The van der Waals surface area contributed by atoms with Crippen LogP contribution in [0.2, 0.25) is 0 Å². The standard InChI is InChI=1S/C11H7BrN2O4/c12-9-2-1-8(18-9)10(15)14-7-3-6(11(16)17)4-13-5-7/h1-5H,(H,14,15)(H,16,17). The normalized spacial score (nSPS) is 10.1. The van der Waals surface area contributed by atoms with Gasteiger partial charge in [-0.1, -0.05) is 0 Å². The van der Waals surface area contributed by atoms with E-state index in [1.807, 2.05) is 0 Å². The van der Waals surface area contributed by atoms with Crippen molar-refractivity contribution >= 4 is 33.5 Å². The van der Waals surface area contributed by atoms with E-state index < -0.39 is 11.9 Å². The highest BCUT2D eigenvalue weighted by molar-refractivity contribution is 9.10. The Hall–Kier alpha value is -2.15. The molecule has 0 spiro atoms. The van der Waals surface area contributed by atoms with Gasteiger partial charge in [-0.3, -0.25) is 9.78 Å². The molecular formula is C11H7BrN2O4. The number of rotatable bonds is 3. The number of anilines is 1. The molecule has 0 aliphatic carbocycles. The summed E-state index contributed by atoms with van der Waals surface area (Å²) in [7, 11) is 0. The zero-order valence-corrected chi connectivity index (χ0v) is 10.5. The number of aromatic nitrogens is 1. The predicted octanol–water partition coefficient (Wildman–Crippen LogP) is 2.39. The van der Waals surface area contributed by atoms with Crippen LogP contribution in [0, 0.1) is 0 Å². The maximum atomic E-state index is 11.7. The van der Waals surface area contributed by atoms with Gasteiger partial charge in [-0.25, -0.2) is 4.79 Å². The smallest absolute Gasteiger partial charge is 0.337 e. The van der Waals surface area contributed by atoms with E-state index in [1.54, 1.807) is 6.07 Å². The van der Waals surface area contributed by atoms with Crippen LogP contribution in [0.5, 0.6) is 0 Å². The number of hydrogen-bond acceptors (Lipinski definition) is 4. The Bertz CT molecular complexity index is 609. The average Bonchev–Trinajstić information content (AvgIpc) is 2.76. The Kier molecular flexibility index (Phi) is 3.42. The van der Waals surface area contributed by atoms with Crippen molar-refractivity contribution in [3.8, 4) is 0 Å². The van der Waals surface area contributed by atoms with Crippen molar-refractivity contribution in [3.63, 3.8) is 0 Å². The van der Waals surface area contributed by atoms with E-state index in [9.17, 15) is 9.59 Å². The molecule has 0 fully saturated rings. The van der Waals surface area contributed by atoms with Crippen LogP contribution in [0.4, 0.5) is 5.69 Å². The molecule has 6 nitrogen and oxygen atoms in total. The minimum Gasteiger partial charge on any atom is -0.478 e. The number of carbonyl (C=O) groups is 2. The second-order valence-electron chi connectivity index (χ2n) is 3.33. The summed E-state index contributed by atoms with van der Waals surface area (Å²) in [4.78, 5) is 26.2. The number of halogens is 1. The quantitative estimate of drug-likeness (QED) is 0.908. The third-order valence-corrected chi connectivity index (χ3v) is 2.47. The highest BCUT2D eigenvalue weighted by atomic mass is 79.9. The molecule has 2 rings (SSSR count). The molecular weight excluding hydrogens is 304 g/mol. The molecule has 92 valence electrons. The molecule has 0 aromatic carbocycles. The van der Waals surface area contributed by atoms with Crippen molar-refractivity contribution in [1.82, 2.24) is 4.98 Å². The van der Waals surface area contributed by atoms with E-state index in [1.165, 1.54) is 24.5 Å². The molecule has 2 heterocycles. The molecule has 0 saturated carbocycles. The molecule has 0 bridgehead atoms. The lowest BCUT2D eigenvalue weighted by Gasteiger charge is -2.03. The summed E-state index contributed by atoms with van der Waals surface area (Å²) in [5, 5.41) is 11.3. The van der Waals surface area contributed by atoms with Crippen molar-refractivity contribution in [3.05, 3.63) is 46.6 Å². The molecule has 0 unspecified atom stereocenters. The summed E-state index contributed by atoms with van der Waals surface area (Å²) in [5.41, 5.74) is 0.279. The van der Waals surface area contributed by atoms with Gasteiger partial charge in [0.05, 0.1) is 17.4 Å². The maximum absolute atomic E-state index is 11.7. The zero-order valence-electron chi connectivity index (χ0n) is 8.88. The second-order valence-corrected chi connectivity index (χ2v) is 4.11. The van der Waals surface area contributed by atoms with Gasteiger partial charge in [-0.05, 0) is 34.1 Å². The minimum atomic E-state index is -1.11. The van der Waals surface area contributed by atoms with E-state index in [-0.39, 0.29) is 17.0 Å². The summed E-state index contributed by atoms with van der Waals surface area (Å²) in [5.74, 6) is -1.48. The lowest BCUT2D eigenvalue weighted by molar-refractivity contribution is 0.0696. The Morgan fingerprint density at radius 1 is 1.33 bits per heavy atom. The topological polar surface area (TPSA) is 92.4 Å². The molecule has 0 atom stereocenters. The summed E-state index contributed by atoms with van der Waals surface area (Å²) >= 11 is 3.08. The number of furan rings is 1. The predicted molar refractivity (Wildman–Crippen MR) is 65.6 cm³/mol. The number of carbonyl (C=O) groups excluding carboxylic acids is 1. The second kappa shape index (κ2) is 5.01. The average molecular weight is 311 g/mol. The van der Waals surface area contributed by atoms with Gasteiger partial charge in [0.2, 0.25) is 0 Å². The molecule has 1 amide bonds. The molecule has 2 N–H and O–H groups in total. The van der Waals surface area contributed by atoms with Gasteiger partial charge in [-0.2, -0.15) is 0 Å². The number of pyridine rings is 1. The van der Waals surface area contributed by atoms with E-state index in [2.05, 4.69) is 26.2 Å². The molecule has 0 aliphatic rings. The fourth-order valence-corrected chi connectivity index (χ4v) is 1.56. The van der Waals surface area contributed by atoms with Crippen molar-refractivity contribution in [2.45, 2.75) is 0 Å². The molecule has 2 aromatic rings. The first-order chi connectivity index (χ1) is 8.56. The van der Waals surface area contributed by atoms with Crippen LogP contribution >= 0.6 is 15.9 Å². The summed E-state index contributed by atoms with van der Waals surface area (Å²) in [6, 6.07) is 4.39. The minimum absolute atomic E-state index is 0.00609. The van der Waals surface area contributed by atoms with Gasteiger partial charge in [0.1, 0.15) is 0 Å². The highest BCUT2D eigenvalue weighted by Crippen LogP contribution is 2.16. The Balaban J connectivity index is 2.16. The largest absolute Gasteiger partial charge is 0.478 e. The number of amides is 1. The number of hydrogen-bond donors (Lipinski definition) is 2. The van der Waals surface area contributed by atoms with Gasteiger partial charge >= 0.3 is 5.97 Å². The molecule has 0 radical (unpaired) electrons. The third-order valence-electron chi connectivity index (χ3n) is 2.04. The van der Waals surface area contributed by atoms with Crippen molar-refractivity contribution < 1.29 is 19.1 Å². The molecule has 0 saturated heterocycles. The number of aromatic carboxylic acids is 1. The SMILES string of the molecule is O=C(O)c1cncc(NC(=O)c2ccc(Br)o2)c1. The summed E-state index contributed by atoms with van der Waals surface area (Å²) in [6.07, 6.45) is 2.55. The Labute approximate surface area is 110 Å². The first-order valence-corrected chi connectivity index (χ1v) is 5.60. The van der Waals surface area contributed by atoms with Crippen molar-refractivity contribution in [2.75, 3.05) is 5.32 Å². The van der Waals surface area contributed by atoms with Crippen LogP contribution in [0.25, 0.3) is 0 Å². The van der Waals surface area contributed by atoms with E-state index >= 15 is 0 Å². The third kappa shape index (κ3) is 2.75. The van der Waals surface area contributed by atoms with E-state index in [0.29, 0.717) is 4.67 Å². The number of nitrogens with one attached hydrogen (secondary N) is 1. The van der Waals surface area contributed by atoms with Crippen molar-refractivity contribution in [1.29, 1.82) is 0 Å². The zero-order chi connectivity index (χ0) is 13.1. The van der Waals surface area contributed by atoms with Crippen LogP contribution < -0.4 is 5.32 Å². The van der Waals surface area contributed by atoms with Crippen LogP contribution in [0.3, 0.4) is 0 Å². The Morgan fingerprint density at radius 2 is 2.11 bits per heavy atom. The Morgan fingerprint density at radius 3 is 2.72 bits per heavy atom. The first-order valence-electron chi connectivity index (χ1n) is 4.81. The molecule has 18 heavy (non-hydrogen) atoms. The molecule has 0 aliphatic heterocycles. The molecule has 2 aromatic heterocycles. The van der Waals surface area contributed by atoms with E-state index in [4.69, 9.17) is 9.52 Å². The van der Waals surface area contributed by atoms with Gasteiger partial charge in [0, 0.05) is 6.20 Å². The van der Waals surface area contributed by atoms with Crippen LogP contribution in [-0.2, 0) is 0 Å². The van der Waals surface area contributed by atoms with Crippen molar-refractivity contribution in [2.24, 2.45) is 0 Å². The number of carboxylic acids is 1. The van der Waals surface area contributed by atoms with Gasteiger partial charge in [0.25, 0.3) is 5.91 Å². The van der Waals surface area contributed by atoms with E-state index in [0.717, 1.165) is 0 Å². The first kappa shape index (κ1) is 12.3. The lowest BCUT2D eigenvalue weighted by Crippen LogP contribution is -2.11. The van der Waals surface area contributed by atoms with Crippen LogP contribution in [-0.4, -0.2) is 22.0 Å². The summed E-state index contributed by atoms with van der Waals surface area (Å²) in [6.45, 7) is 0. The lowest BCUT2D eigenvalue weighted by atomic mass is 10.2. The van der Waals surface area contributed by atoms with Gasteiger partial charge in [0.15, 0.2) is 10.4 Å². The highest BCUT2D eigenvalue weighted by Gasteiger charge is 2.12. The fourth-order valence-electron chi connectivity index (χ4n) is 1.25. The maximum Gasteiger partial charge on any atom is 0.337 e. The molecule has 7 heteroatoms. The monoisotopic (exact) mass is 310 g/mol. The van der Waals surface area contributed by atoms with Crippen LogP contribution in [0.15, 0.2) is 39.7 Å². The number of carboxylic acid groups (broad SMARTS) is 1. The number of nitrogens with zero attached hydrogens (tertiary/aromatic N) is 1.